The van der Waals surface area contributed by atoms with Crippen molar-refractivity contribution >= 4 is 23.2 Å². The smallest absolute Gasteiger partial charge is 0.224 e. The molecule has 24 heavy (non-hydrogen) atoms. The number of anilines is 1. The highest BCUT2D eigenvalue weighted by Crippen LogP contribution is 2.27. The molecule has 0 saturated carbocycles. The van der Waals surface area contributed by atoms with Crippen LogP contribution in [0.5, 0.6) is 11.5 Å². The van der Waals surface area contributed by atoms with Crippen LogP contribution in [0.25, 0.3) is 0 Å². The highest BCUT2D eigenvalue weighted by Gasteiger charge is 2.06. The minimum Gasteiger partial charge on any atom is -0.495 e. The summed E-state index contributed by atoms with van der Waals surface area (Å²) < 4.78 is 10.8. The largest absolute Gasteiger partial charge is 0.495 e. The lowest BCUT2D eigenvalue weighted by Crippen LogP contribution is -2.13. The first kappa shape index (κ1) is 18.1. The van der Waals surface area contributed by atoms with Crippen molar-refractivity contribution in [1.29, 1.82) is 0 Å². The number of halogens is 1. The van der Waals surface area contributed by atoms with Crippen molar-refractivity contribution in [3.8, 4) is 11.5 Å². The topological polar surface area (TPSA) is 47.6 Å². The zero-order valence-electron chi connectivity index (χ0n) is 14.2. The molecular weight excluding hydrogens is 326 g/mol. The van der Waals surface area contributed by atoms with Gasteiger partial charge in [0.15, 0.2) is 0 Å². The van der Waals surface area contributed by atoms with Gasteiger partial charge in [0.25, 0.3) is 0 Å². The van der Waals surface area contributed by atoms with Gasteiger partial charge in [-0.1, -0.05) is 23.7 Å². The number of carbonyl (C=O) groups is 1. The van der Waals surface area contributed by atoms with Crippen LogP contribution in [-0.4, -0.2) is 19.6 Å². The second kappa shape index (κ2) is 8.60. The van der Waals surface area contributed by atoms with Gasteiger partial charge in [-0.05, 0) is 55.7 Å². The summed E-state index contributed by atoms with van der Waals surface area (Å²) in [4.78, 5) is 12.0. The number of ether oxygens (including phenoxy) is 2. The molecule has 0 spiro atoms. The number of methoxy groups -OCH3 is 1. The number of nitrogens with one attached hydrogen (secondary N) is 1. The van der Waals surface area contributed by atoms with Gasteiger partial charge in [0, 0.05) is 12.1 Å². The maximum absolute atomic E-state index is 12.0. The van der Waals surface area contributed by atoms with Crippen LogP contribution in [0.4, 0.5) is 5.69 Å². The van der Waals surface area contributed by atoms with Crippen LogP contribution in [0.3, 0.4) is 0 Å². The van der Waals surface area contributed by atoms with Crippen molar-refractivity contribution in [2.75, 3.05) is 19.0 Å². The highest BCUT2D eigenvalue weighted by molar-refractivity contribution is 6.32. The van der Waals surface area contributed by atoms with Crippen molar-refractivity contribution in [3.63, 3.8) is 0 Å². The van der Waals surface area contributed by atoms with Gasteiger partial charge >= 0.3 is 0 Å². The number of hydrogen-bond acceptors (Lipinski definition) is 3. The first-order valence-corrected chi connectivity index (χ1v) is 8.21. The molecule has 0 radical (unpaired) electrons. The Morgan fingerprint density at radius 2 is 1.92 bits per heavy atom. The van der Waals surface area contributed by atoms with Crippen molar-refractivity contribution < 1.29 is 14.3 Å². The summed E-state index contributed by atoms with van der Waals surface area (Å²) in [5, 5.41) is 3.28. The van der Waals surface area contributed by atoms with E-state index in [0.717, 1.165) is 16.9 Å². The first-order valence-electron chi connectivity index (χ1n) is 7.83. The Hall–Kier alpha value is -2.20. The van der Waals surface area contributed by atoms with Gasteiger partial charge < -0.3 is 14.8 Å². The lowest BCUT2D eigenvalue weighted by Gasteiger charge is -2.10. The molecule has 2 rings (SSSR count). The molecule has 0 saturated heterocycles. The molecule has 1 amide bonds. The van der Waals surface area contributed by atoms with E-state index in [4.69, 9.17) is 21.1 Å². The summed E-state index contributed by atoms with van der Waals surface area (Å²) >= 11 is 6.04. The molecule has 128 valence electrons. The summed E-state index contributed by atoms with van der Waals surface area (Å²) in [6.45, 7) is 4.54. The van der Waals surface area contributed by atoms with E-state index >= 15 is 0 Å². The van der Waals surface area contributed by atoms with E-state index in [1.165, 1.54) is 0 Å². The van der Waals surface area contributed by atoms with E-state index in [1.807, 2.05) is 26.0 Å². The SMILES string of the molecule is COc1ccc(NC(=O)CCCOc2cc(C)ccc2C)cc1Cl. The third kappa shape index (κ3) is 5.17. The monoisotopic (exact) mass is 347 g/mol. The summed E-state index contributed by atoms with van der Waals surface area (Å²) in [5.74, 6) is 1.38. The maximum atomic E-state index is 12.0. The molecule has 0 aromatic heterocycles. The maximum Gasteiger partial charge on any atom is 0.224 e. The third-order valence-electron chi connectivity index (χ3n) is 3.58. The molecule has 0 aliphatic rings. The molecule has 5 heteroatoms. The number of carbonyl (C=O) groups excluding carboxylic acids is 1. The molecule has 0 unspecified atom stereocenters. The Kier molecular flexibility index (Phi) is 6.50. The van der Waals surface area contributed by atoms with Gasteiger partial charge in [0.05, 0.1) is 18.7 Å². The lowest BCUT2D eigenvalue weighted by atomic mass is 10.1. The molecule has 2 aromatic carbocycles. The number of amides is 1. The summed E-state index contributed by atoms with van der Waals surface area (Å²) in [5.41, 5.74) is 2.91. The standard InChI is InChI=1S/C19H22ClNO3/c1-13-6-7-14(2)18(11-13)24-10-4-5-19(22)21-15-8-9-17(23-3)16(20)12-15/h6-9,11-12H,4-5,10H2,1-3H3,(H,21,22). The van der Waals surface area contributed by atoms with Crippen LogP contribution < -0.4 is 14.8 Å². The molecule has 2 aromatic rings. The summed E-state index contributed by atoms with van der Waals surface area (Å²) in [6.07, 6.45) is 1.03. The molecule has 0 atom stereocenters. The molecule has 0 heterocycles. The Morgan fingerprint density at radius 1 is 1.12 bits per heavy atom. The zero-order chi connectivity index (χ0) is 17.5. The average molecular weight is 348 g/mol. The molecule has 0 bridgehead atoms. The average Bonchev–Trinajstić information content (AvgIpc) is 2.55. The Balaban J connectivity index is 1.77. The number of hydrogen-bond donors (Lipinski definition) is 1. The van der Waals surface area contributed by atoms with Gasteiger partial charge in [-0.25, -0.2) is 0 Å². The van der Waals surface area contributed by atoms with Gasteiger partial charge in [0.1, 0.15) is 11.5 Å². The third-order valence-corrected chi connectivity index (χ3v) is 3.88. The molecule has 1 N–H and O–H groups in total. The summed E-state index contributed by atoms with van der Waals surface area (Å²) in [7, 11) is 1.55. The first-order chi connectivity index (χ1) is 11.5. The van der Waals surface area contributed by atoms with Crippen LogP contribution in [-0.2, 0) is 4.79 Å². The predicted octanol–water partition coefficient (Wildman–Crippen LogP) is 4.76. The minimum absolute atomic E-state index is 0.0687. The van der Waals surface area contributed by atoms with Crippen molar-refractivity contribution in [2.45, 2.75) is 26.7 Å². The molecular formula is C19H22ClNO3. The van der Waals surface area contributed by atoms with Crippen molar-refractivity contribution in [2.24, 2.45) is 0 Å². The molecule has 0 aliphatic carbocycles. The molecule has 4 nitrogen and oxygen atoms in total. The fourth-order valence-corrected chi connectivity index (χ4v) is 2.50. The van der Waals surface area contributed by atoms with Crippen molar-refractivity contribution in [1.82, 2.24) is 0 Å². The van der Waals surface area contributed by atoms with Crippen LogP contribution >= 0.6 is 11.6 Å². The fraction of sp³-hybridized carbons (Fsp3) is 0.316. The van der Waals surface area contributed by atoms with Crippen molar-refractivity contribution in [3.05, 3.63) is 52.5 Å². The van der Waals surface area contributed by atoms with Gasteiger partial charge in [0.2, 0.25) is 5.91 Å². The second-order valence-electron chi connectivity index (χ2n) is 5.62. The lowest BCUT2D eigenvalue weighted by molar-refractivity contribution is -0.116. The van der Waals surface area contributed by atoms with E-state index < -0.39 is 0 Å². The van der Waals surface area contributed by atoms with Crippen LogP contribution in [0.1, 0.15) is 24.0 Å². The minimum atomic E-state index is -0.0687. The normalized spacial score (nSPS) is 10.3. The fourth-order valence-electron chi connectivity index (χ4n) is 2.25. The van der Waals surface area contributed by atoms with Crippen LogP contribution in [0, 0.1) is 13.8 Å². The number of aryl methyl sites for hydroxylation is 2. The van der Waals surface area contributed by atoms with E-state index in [2.05, 4.69) is 11.4 Å². The van der Waals surface area contributed by atoms with Gasteiger partial charge in [-0.2, -0.15) is 0 Å². The number of benzene rings is 2. The Bertz CT molecular complexity index is 716. The number of rotatable bonds is 7. The Labute approximate surface area is 147 Å². The highest BCUT2D eigenvalue weighted by atomic mass is 35.5. The predicted molar refractivity (Wildman–Crippen MR) is 97.3 cm³/mol. The zero-order valence-corrected chi connectivity index (χ0v) is 14.9. The van der Waals surface area contributed by atoms with E-state index in [9.17, 15) is 4.79 Å². The second-order valence-corrected chi connectivity index (χ2v) is 6.03. The van der Waals surface area contributed by atoms with Crippen LogP contribution in [0.2, 0.25) is 5.02 Å². The van der Waals surface area contributed by atoms with Gasteiger partial charge in [-0.15, -0.1) is 0 Å². The Morgan fingerprint density at radius 3 is 2.62 bits per heavy atom. The van der Waals surface area contributed by atoms with Gasteiger partial charge in [-0.3, -0.25) is 4.79 Å². The van der Waals surface area contributed by atoms with E-state index in [0.29, 0.717) is 35.9 Å². The summed E-state index contributed by atoms with van der Waals surface area (Å²) in [6, 6.07) is 11.2. The van der Waals surface area contributed by atoms with E-state index in [1.54, 1.807) is 25.3 Å². The quantitative estimate of drug-likeness (QED) is 0.734. The van der Waals surface area contributed by atoms with E-state index in [-0.39, 0.29) is 5.91 Å². The molecule has 0 aliphatic heterocycles. The van der Waals surface area contributed by atoms with Crippen LogP contribution in [0.15, 0.2) is 36.4 Å². The molecule has 0 fully saturated rings.